The van der Waals surface area contributed by atoms with Gasteiger partial charge in [0.15, 0.2) is 0 Å². The van der Waals surface area contributed by atoms with Crippen LogP contribution in [0.2, 0.25) is 0 Å². The zero-order valence-corrected chi connectivity index (χ0v) is 16.6. The lowest BCUT2D eigenvalue weighted by atomic mass is 10.2. The van der Waals surface area contributed by atoms with E-state index in [1.807, 2.05) is 64.1 Å². The molecule has 0 aliphatic heterocycles. The van der Waals surface area contributed by atoms with Crippen LogP contribution in [0.15, 0.2) is 91.5 Å². The van der Waals surface area contributed by atoms with E-state index in [2.05, 4.69) is 52.2 Å². The minimum atomic E-state index is 0.573. The van der Waals surface area contributed by atoms with Crippen molar-refractivity contribution in [3.05, 3.63) is 103 Å². The quantitative estimate of drug-likeness (QED) is 0.389. The van der Waals surface area contributed by atoms with Crippen molar-refractivity contribution in [2.75, 3.05) is 11.6 Å². The highest BCUT2D eigenvalue weighted by Crippen LogP contribution is 2.22. The number of benzene rings is 3. The summed E-state index contributed by atoms with van der Waals surface area (Å²) >= 11 is 0. The summed E-state index contributed by atoms with van der Waals surface area (Å²) < 4.78 is 1.93. The van der Waals surface area contributed by atoms with E-state index in [1.165, 1.54) is 5.56 Å². The highest BCUT2D eigenvalue weighted by molar-refractivity contribution is 5.82. The van der Waals surface area contributed by atoms with Crippen molar-refractivity contribution >= 4 is 21.9 Å². The van der Waals surface area contributed by atoms with Crippen LogP contribution in [-0.2, 0) is 13.1 Å². The molecule has 0 fully saturated rings. The van der Waals surface area contributed by atoms with Crippen LogP contribution in [0.25, 0.3) is 21.9 Å². The van der Waals surface area contributed by atoms with Gasteiger partial charge >= 0.3 is 0 Å². The number of rotatable bonds is 7. The molecule has 0 atom stereocenters. The minimum Gasteiger partial charge on any atom is -0.288 e. The number of fused-ring (bicyclic) bond motifs is 2. The van der Waals surface area contributed by atoms with Crippen molar-refractivity contribution in [3.63, 3.8) is 0 Å². The summed E-state index contributed by atoms with van der Waals surface area (Å²) in [4.78, 5) is 2.01. The van der Waals surface area contributed by atoms with Gasteiger partial charge in [0, 0.05) is 5.39 Å². The third kappa shape index (κ3) is 3.33. The number of hydrogen-bond donors (Lipinski definition) is 0. The Hall–Kier alpha value is -3.93. The highest BCUT2D eigenvalue weighted by atomic mass is 15.7. The molecule has 0 spiro atoms. The molecular weight excluding hydrogens is 372 g/mol. The second-order valence-corrected chi connectivity index (χ2v) is 7.21. The third-order valence-corrected chi connectivity index (χ3v) is 5.19. The van der Waals surface area contributed by atoms with Gasteiger partial charge in [-0.15, -0.1) is 11.7 Å². The molecule has 6 nitrogen and oxygen atoms in total. The SMILES string of the molecule is C=CCN(Cc1ccccc1)n1nc2ccccc2c1Cn1nnc2ccccc21. The third-order valence-electron chi connectivity index (χ3n) is 5.19. The van der Waals surface area contributed by atoms with Crippen LogP contribution in [-0.4, -0.2) is 31.4 Å². The maximum atomic E-state index is 4.92. The van der Waals surface area contributed by atoms with Crippen LogP contribution in [0.3, 0.4) is 0 Å². The molecule has 6 heteroatoms. The molecule has 5 rings (SSSR count). The van der Waals surface area contributed by atoms with Gasteiger partial charge in [-0.05, 0) is 23.8 Å². The molecule has 0 unspecified atom stereocenters. The average molecular weight is 394 g/mol. The van der Waals surface area contributed by atoms with Gasteiger partial charge < -0.3 is 0 Å². The Balaban J connectivity index is 1.61. The van der Waals surface area contributed by atoms with E-state index in [1.54, 1.807) is 0 Å². The van der Waals surface area contributed by atoms with Crippen molar-refractivity contribution in [2.45, 2.75) is 13.1 Å². The normalized spacial score (nSPS) is 11.2. The first-order chi connectivity index (χ1) is 14.8. The number of para-hydroxylation sites is 1. The predicted molar refractivity (Wildman–Crippen MR) is 120 cm³/mol. The van der Waals surface area contributed by atoms with Gasteiger partial charge in [-0.2, -0.15) is 9.89 Å². The fourth-order valence-electron chi connectivity index (χ4n) is 3.79. The standard InChI is InChI=1S/C24H22N6/c1-2-16-28(17-19-10-4-3-5-11-19)30-24(20-12-6-7-13-21(20)26-30)18-29-23-15-9-8-14-22(23)25-27-29/h2-15H,1,16-18H2. The van der Waals surface area contributed by atoms with E-state index in [0.717, 1.165) is 34.2 Å². The Labute approximate surface area is 174 Å². The van der Waals surface area contributed by atoms with E-state index < -0.39 is 0 Å². The molecule has 0 aliphatic rings. The fourth-order valence-corrected chi connectivity index (χ4v) is 3.79. The van der Waals surface area contributed by atoms with Crippen molar-refractivity contribution in [1.29, 1.82) is 0 Å². The molecule has 148 valence electrons. The lowest BCUT2D eigenvalue weighted by molar-refractivity contribution is 0.516. The fraction of sp³-hybridized carbons (Fsp3) is 0.125. The molecule has 5 aromatic rings. The molecule has 2 aromatic heterocycles. The van der Waals surface area contributed by atoms with Gasteiger partial charge in [0.1, 0.15) is 5.52 Å². The zero-order chi connectivity index (χ0) is 20.3. The summed E-state index contributed by atoms with van der Waals surface area (Å²) in [5.41, 5.74) is 5.14. The second-order valence-electron chi connectivity index (χ2n) is 7.21. The van der Waals surface area contributed by atoms with E-state index in [9.17, 15) is 0 Å². The molecule has 0 saturated heterocycles. The van der Waals surface area contributed by atoms with E-state index in [-0.39, 0.29) is 0 Å². The van der Waals surface area contributed by atoms with Crippen molar-refractivity contribution in [3.8, 4) is 0 Å². The second kappa shape index (κ2) is 7.83. The Bertz CT molecular complexity index is 1300. The van der Waals surface area contributed by atoms with Gasteiger partial charge in [-0.3, -0.25) is 5.01 Å². The predicted octanol–water partition coefficient (Wildman–Crippen LogP) is 4.15. The molecular formula is C24H22N6. The van der Waals surface area contributed by atoms with Crippen LogP contribution < -0.4 is 5.01 Å². The van der Waals surface area contributed by atoms with E-state index in [0.29, 0.717) is 13.1 Å². The van der Waals surface area contributed by atoms with Crippen LogP contribution in [0.4, 0.5) is 0 Å². The Morgan fingerprint density at radius 2 is 1.60 bits per heavy atom. The molecule has 0 bridgehead atoms. The molecule has 0 radical (unpaired) electrons. The van der Waals surface area contributed by atoms with Gasteiger partial charge in [0.05, 0.1) is 36.4 Å². The first-order valence-corrected chi connectivity index (χ1v) is 9.98. The Morgan fingerprint density at radius 1 is 0.867 bits per heavy atom. The van der Waals surface area contributed by atoms with Crippen molar-refractivity contribution in [1.82, 2.24) is 24.9 Å². The molecule has 30 heavy (non-hydrogen) atoms. The first-order valence-electron chi connectivity index (χ1n) is 9.98. The lowest BCUT2D eigenvalue weighted by Crippen LogP contribution is -2.36. The van der Waals surface area contributed by atoms with Crippen molar-refractivity contribution in [2.24, 2.45) is 0 Å². The van der Waals surface area contributed by atoms with Crippen LogP contribution >= 0.6 is 0 Å². The van der Waals surface area contributed by atoms with Crippen LogP contribution in [0.5, 0.6) is 0 Å². The maximum Gasteiger partial charge on any atom is 0.113 e. The van der Waals surface area contributed by atoms with Crippen molar-refractivity contribution < 1.29 is 0 Å². The summed E-state index contributed by atoms with van der Waals surface area (Å²) in [6, 6.07) is 26.6. The molecule has 0 N–H and O–H groups in total. The summed E-state index contributed by atoms with van der Waals surface area (Å²) in [5, 5.41) is 16.9. The topological polar surface area (TPSA) is 51.8 Å². The summed E-state index contributed by atoms with van der Waals surface area (Å²) in [7, 11) is 0. The van der Waals surface area contributed by atoms with Gasteiger partial charge in [0.25, 0.3) is 0 Å². The smallest absolute Gasteiger partial charge is 0.113 e. The molecule has 0 amide bonds. The van der Waals surface area contributed by atoms with Gasteiger partial charge in [0.2, 0.25) is 0 Å². The van der Waals surface area contributed by atoms with Crippen LogP contribution in [0.1, 0.15) is 11.3 Å². The van der Waals surface area contributed by atoms with Gasteiger partial charge in [-0.25, -0.2) is 4.68 Å². The summed E-state index contributed by atoms with van der Waals surface area (Å²) in [6.07, 6.45) is 1.91. The number of nitrogens with zero attached hydrogens (tertiary/aromatic N) is 6. The van der Waals surface area contributed by atoms with Crippen LogP contribution in [0, 0.1) is 0 Å². The van der Waals surface area contributed by atoms with Gasteiger partial charge in [-0.1, -0.05) is 72.0 Å². The molecule has 0 saturated carbocycles. The Morgan fingerprint density at radius 3 is 2.43 bits per heavy atom. The molecule has 3 aromatic carbocycles. The van der Waals surface area contributed by atoms with E-state index >= 15 is 0 Å². The Kier molecular flexibility index (Phi) is 4.73. The monoisotopic (exact) mass is 394 g/mol. The largest absolute Gasteiger partial charge is 0.288 e. The molecule has 2 heterocycles. The molecule has 0 aliphatic carbocycles. The lowest BCUT2D eigenvalue weighted by Gasteiger charge is -2.25. The minimum absolute atomic E-state index is 0.573. The number of hydrogen-bond acceptors (Lipinski definition) is 4. The highest BCUT2D eigenvalue weighted by Gasteiger charge is 2.18. The summed E-state index contributed by atoms with van der Waals surface area (Å²) in [5.74, 6) is 0. The number of aromatic nitrogens is 5. The zero-order valence-electron chi connectivity index (χ0n) is 16.6. The average Bonchev–Trinajstić information content (AvgIpc) is 3.36. The first kappa shape index (κ1) is 18.1. The maximum absolute atomic E-state index is 4.92. The summed E-state index contributed by atoms with van der Waals surface area (Å²) in [6.45, 7) is 5.93. The van der Waals surface area contributed by atoms with E-state index in [4.69, 9.17) is 5.10 Å².